The van der Waals surface area contributed by atoms with Crippen LogP contribution in [0.15, 0.2) is 30.3 Å². The number of ether oxygens (including phenoxy) is 1. The highest BCUT2D eigenvalue weighted by molar-refractivity contribution is 5.79. The molecule has 0 spiro atoms. The summed E-state index contributed by atoms with van der Waals surface area (Å²) in [5.41, 5.74) is 0.518. The zero-order chi connectivity index (χ0) is 16.8. The molecule has 1 rings (SSSR count). The number of carboxylic acids is 1. The van der Waals surface area contributed by atoms with Gasteiger partial charge in [0, 0.05) is 7.05 Å². The molecule has 1 atom stereocenters. The summed E-state index contributed by atoms with van der Waals surface area (Å²) in [7, 11) is 1.47. The lowest BCUT2D eigenvalue weighted by Crippen LogP contribution is -2.44. The van der Waals surface area contributed by atoms with Crippen molar-refractivity contribution in [1.29, 1.82) is 0 Å². The van der Waals surface area contributed by atoms with Crippen molar-refractivity contribution in [2.75, 3.05) is 7.05 Å². The first kappa shape index (κ1) is 18.0. The normalized spacial score (nSPS) is 12.5. The molecule has 0 bridgehead atoms. The number of aliphatic carboxylic acids is 1. The summed E-state index contributed by atoms with van der Waals surface area (Å²) in [6.07, 6.45) is 1.25. The lowest BCUT2D eigenvalue weighted by Gasteiger charge is -2.28. The lowest BCUT2D eigenvalue weighted by atomic mass is 10.0. The fraction of sp³-hybridized carbons (Fsp3) is 0.529. The van der Waals surface area contributed by atoms with Crippen LogP contribution in [0.3, 0.4) is 0 Å². The number of rotatable bonds is 6. The second-order valence-corrected chi connectivity index (χ2v) is 6.32. The molecule has 5 heteroatoms. The Kier molecular flexibility index (Phi) is 6.40. The van der Waals surface area contributed by atoms with Crippen LogP contribution in [0, 0.1) is 0 Å². The van der Waals surface area contributed by atoms with Crippen LogP contribution in [-0.4, -0.2) is 40.8 Å². The molecule has 122 valence electrons. The van der Waals surface area contributed by atoms with E-state index in [9.17, 15) is 14.7 Å². The van der Waals surface area contributed by atoms with Gasteiger partial charge in [0.05, 0.1) is 0 Å². The Hall–Kier alpha value is -2.04. The summed E-state index contributed by atoms with van der Waals surface area (Å²) in [6.45, 7) is 5.26. The number of aryl methyl sites for hydroxylation is 1. The summed E-state index contributed by atoms with van der Waals surface area (Å²) in [6, 6.07) is 8.99. The largest absolute Gasteiger partial charge is 0.480 e. The van der Waals surface area contributed by atoms with Crippen LogP contribution < -0.4 is 0 Å². The molecule has 5 nitrogen and oxygen atoms in total. The predicted molar refractivity (Wildman–Crippen MR) is 84.8 cm³/mol. The maximum absolute atomic E-state index is 12.0. The first-order chi connectivity index (χ1) is 10.2. The first-order valence-corrected chi connectivity index (χ1v) is 7.43. The molecular weight excluding hydrogens is 282 g/mol. The van der Waals surface area contributed by atoms with Crippen LogP contribution in [0.2, 0.25) is 0 Å². The highest BCUT2D eigenvalue weighted by Gasteiger charge is 2.29. The van der Waals surface area contributed by atoms with Gasteiger partial charge in [0.2, 0.25) is 0 Å². The number of carboxylic acid groups (broad SMARTS) is 1. The van der Waals surface area contributed by atoms with Gasteiger partial charge in [-0.2, -0.15) is 0 Å². The first-order valence-electron chi connectivity index (χ1n) is 7.43. The Balaban J connectivity index is 2.57. The van der Waals surface area contributed by atoms with Crippen molar-refractivity contribution in [1.82, 2.24) is 4.90 Å². The molecule has 0 aliphatic rings. The van der Waals surface area contributed by atoms with Gasteiger partial charge in [0.25, 0.3) is 0 Å². The fourth-order valence-electron chi connectivity index (χ4n) is 2.09. The van der Waals surface area contributed by atoms with Crippen LogP contribution >= 0.6 is 0 Å². The molecule has 1 N–H and O–H groups in total. The molecule has 0 fully saturated rings. The smallest absolute Gasteiger partial charge is 0.410 e. The number of carbonyl (C=O) groups is 2. The Morgan fingerprint density at radius 1 is 1.23 bits per heavy atom. The summed E-state index contributed by atoms with van der Waals surface area (Å²) in [4.78, 5) is 24.5. The molecule has 0 heterocycles. The van der Waals surface area contributed by atoms with Gasteiger partial charge >= 0.3 is 12.1 Å². The van der Waals surface area contributed by atoms with E-state index in [1.807, 2.05) is 30.3 Å². The van der Waals surface area contributed by atoms with Crippen LogP contribution in [0.1, 0.15) is 39.2 Å². The molecule has 0 radical (unpaired) electrons. The molecule has 0 saturated heterocycles. The van der Waals surface area contributed by atoms with E-state index >= 15 is 0 Å². The van der Waals surface area contributed by atoms with E-state index in [0.717, 1.165) is 12.0 Å². The van der Waals surface area contributed by atoms with Gasteiger partial charge in [-0.25, -0.2) is 9.59 Å². The molecule has 22 heavy (non-hydrogen) atoms. The Bertz CT molecular complexity index is 493. The summed E-state index contributed by atoms with van der Waals surface area (Å²) < 4.78 is 5.22. The third kappa shape index (κ3) is 6.16. The summed E-state index contributed by atoms with van der Waals surface area (Å²) in [5, 5.41) is 9.34. The van der Waals surface area contributed by atoms with Crippen molar-refractivity contribution in [3.63, 3.8) is 0 Å². The summed E-state index contributed by atoms with van der Waals surface area (Å²) >= 11 is 0. The SMILES string of the molecule is CN(C(=O)OC(C)(C)C)[C@@H](CCCc1ccccc1)C(=O)O. The number of benzene rings is 1. The molecule has 1 amide bonds. The Labute approximate surface area is 131 Å². The minimum absolute atomic E-state index is 0.389. The standard InChI is InChI=1S/C17H25NO4/c1-17(2,3)22-16(21)18(4)14(15(19)20)12-8-11-13-9-6-5-7-10-13/h5-7,9-10,14H,8,11-12H2,1-4H3,(H,19,20)/t14-/m0/s1. The molecular formula is C17H25NO4. The maximum Gasteiger partial charge on any atom is 0.410 e. The second kappa shape index (κ2) is 7.82. The van der Waals surface area contributed by atoms with Gasteiger partial charge in [-0.3, -0.25) is 4.90 Å². The van der Waals surface area contributed by atoms with Crippen molar-refractivity contribution in [2.45, 2.75) is 51.7 Å². The number of likely N-dealkylation sites (N-methyl/N-ethyl adjacent to an activating group) is 1. The van der Waals surface area contributed by atoms with Gasteiger partial charge in [-0.15, -0.1) is 0 Å². The molecule has 0 aliphatic carbocycles. The van der Waals surface area contributed by atoms with E-state index in [1.54, 1.807) is 20.8 Å². The van der Waals surface area contributed by atoms with Crippen LogP contribution in [0.5, 0.6) is 0 Å². The van der Waals surface area contributed by atoms with Gasteiger partial charge in [0.15, 0.2) is 0 Å². The van der Waals surface area contributed by atoms with Crippen LogP contribution in [0.4, 0.5) is 4.79 Å². The number of hydrogen-bond donors (Lipinski definition) is 1. The van der Waals surface area contributed by atoms with Crippen molar-refractivity contribution in [3.05, 3.63) is 35.9 Å². The molecule has 1 aromatic carbocycles. The zero-order valence-corrected chi connectivity index (χ0v) is 13.7. The van der Waals surface area contributed by atoms with Gasteiger partial charge in [-0.05, 0) is 45.6 Å². The number of carbonyl (C=O) groups excluding carboxylic acids is 1. The fourth-order valence-corrected chi connectivity index (χ4v) is 2.09. The average molecular weight is 307 g/mol. The second-order valence-electron chi connectivity index (χ2n) is 6.32. The van der Waals surface area contributed by atoms with E-state index in [4.69, 9.17) is 4.74 Å². The quantitative estimate of drug-likeness (QED) is 0.875. The van der Waals surface area contributed by atoms with E-state index in [-0.39, 0.29) is 0 Å². The van der Waals surface area contributed by atoms with Gasteiger partial charge in [0.1, 0.15) is 11.6 Å². The van der Waals surface area contributed by atoms with Gasteiger partial charge in [-0.1, -0.05) is 30.3 Å². The van der Waals surface area contributed by atoms with Crippen molar-refractivity contribution in [3.8, 4) is 0 Å². The highest BCUT2D eigenvalue weighted by Crippen LogP contribution is 2.15. The minimum atomic E-state index is -1.01. The predicted octanol–water partition coefficient (Wildman–Crippen LogP) is 3.33. The van der Waals surface area contributed by atoms with Crippen LogP contribution in [-0.2, 0) is 16.0 Å². The monoisotopic (exact) mass is 307 g/mol. The summed E-state index contributed by atoms with van der Waals surface area (Å²) in [5.74, 6) is -1.01. The van der Waals surface area contributed by atoms with Crippen LogP contribution in [0.25, 0.3) is 0 Å². The molecule has 0 aromatic heterocycles. The molecule has 0 saturated carbocycles. The zero-order valence-electron chi connectivity index (χ0n) is 13.7. The topological polar surface area (TPSA) is 66.8 Å². The third-order valence-corrected chi connectivity index (χ3v) is 3.22. The number of amides is 1. The average Bonchev–Trinajstić information content (AvgIpc) is 2.42. The number of hydrogen-bond acceptors (Lipinski definition) is 3. The molecule has 1 aromatic rings. The lowest BCUT2D eigenvalue weighted by molar-refractivity contribution is -0.142. The minimum Gasteiger partial charge on any atom is -0.480 e. The van der Waals surface area contributed by atoms with Crippen molar-refractivity contribution < 1.29 is 19.4 Å². The van der Waals surface area contributed by atoms with Gasteiger partial charge < -0.3 is 9.84 Å². The van der Waals surface area contributed by atoms with E-state index in [0.29, 0.717) is 12.8 Å². The van der Waals surface area contributed by atoms with E-state index in [2.05, 4.69) is 0 Å². The molecule has 0 aliphatic heterocycles. The van der Waals surface area contributed by atoms with Crippen molar-refractivity contribution >= 4 is 12.1 Å². The number of nitrogens with zero attached hydrogens (tertiary/aromatic N) is 1. The van der Waals surface area contributed by atoms with Crippen molar-refractivity contribution in [2.24, 2.45) is 0 Å². The molecule has 0 unspecified atom stereocenters. The third-order valence-electron chi connectivity index (χ3n) is 3.22. The Morgan fingerprint density at radius 3 is 2.32 bits per heavy atom. The maximum atomic E-state index is 12.0. The van der Waals surface area contributed by atoms with E-state index < -0.39 is 23.7 Å². The Morgan fingerprint density at radius 2 is 1.82 bits per heavy atom. The highest BCUT2D eigenvalue weighted by atomic mass is 16.6. The van der Waals surface area contributed by atoms with E-state index in [1.165, 1.54) is 11.9 Å².